The highest BCUT2D eigenvalue weighted by Gasteiger charge is 2.29. The van der Waals surface area contributed by atoms with Crippen molar-refractivity contribution >= 4 is 11.4 Å². The van der Waals surface area contributed by atoms with Crippen molar-refractivity contribution in [3.8, 4) is 34.5 Å². The molecule has 0 bridgehead atoms. The van der Waals surface area contributed by atoms with Gasteiger partial charge in [-0.15, -0.1) is 0 Å². The first-order chi connectivity index (χ1) is 13.2. The zero-order valence-corrected chi connectivity index (χ0v) is 13.8. The predicted molar refractivity (Wildman–Crippen MR) is 91.5 cm³/mol. The Morgan fingerprint density at radius 1 is 0.607 bits per heavy atom. The molecule has 0 saturated carbocycles. The summed E-state index contributed by atoms with van der Waals surface area (Å²) in [7, 11) is 0. The molecule has 146 valence electrons. The highest BCUT2D eigenvalue weighted by atomic mass is 19.2. The topological polar surface area (TPSA) is 111 Å². The summed E-state index contributed by atoms with van der Waals surface area (Å²) in [4.78, 5) is 0. The van der Waals surface area contributed by atoms with E-state index in [9.17, 15) is 27.8 Å². The third kappa shape index (κ3) is 3.39. The van der Waals surface area contributed by atoms with E-state index in [4.69, 9.17) is 20.9 Å². The van der Waals surface area contributed by atoms with Crippen LogP contribution >= 0.6 is 0 Å². The largest absolute Gasteiger partial charge is 0.506 e. The molecule has 0 radical (unpaired) electrons. The standard InChI is InChI=1S/C18H12F4N2O4/c19-13-15(21)18(28-8-2-4-12(26)10(24)6-8)16(22)14(20)17(13)27-7-1-3-11(25)9(23)5-7/h1-6,25-26H,23-24H2. The summed E-state index contributed by atoms with van der Waals surface area (Å²) in [6.07, 6.45) is 0. The van der Waals surface area contributed by atoms with Gasteiger partial charge >= 0.3 is 0 Å². The van der Waals surface area contributed by atoms with Crippen LogP contribution in [0, 0.1) is 23.3 Å². The Morgan fingerprint density at radius 2 is 0.929 bits per heavy atom. The Morgan fingerprint density at radius 3 is 1.21 bits per heavy atom. The van der Waals surface area contributed by atoms with E-state index in [2.05, 4.69) is 0 Å². The highest BCUT2D eigenvalue weighted by Crippen LogP contribution is 2.40. The van der Waals surface area contributed by atoms with Crippen LogP contribution in [-0.2, 0) is 0 Å². The van der Waals surface area contributed by atoms with Gasteiger partial charge in [0.2, 0.25) is 34.8 Å². The van der Waals surface area contributed by atoms with E-state index in [1.807, 2.05) is 0 Å². The molecular formula is C18H12F4N2O4. The Bertz CT molecular complexity index is 962. The molecule has 0 aliphatic heterocycles. The number of rotatable bonds is 4. The van der Waals surface area contributed by atoms with Gasteiger partial charge in [0.05, 0.1) is 11.4 Å². The molecule has 6 N–H and O–H groups in total. The average molecular weight is 396 g/mol. The minimum atomic E-state index is -1.85. The molecule has 3 aromatic carbocycles. The lowest BCUT2D eigenvalue weighted by Crippen LogP contribution is -2.04. The van der Waals surface area contributed by atoms with Crippen molar-refractivity contribution < 1.29 is 37.2 Å². The number of anilines is 2. The number of hydrogen-bond acceptors (Lipinski definition) is 6. The molecule has 3 aromatic rings. The van der Waals surface area contributed by atoms with Crippen molar-refractivity contribution in [1.29, 1.82) is 0 Å². The van der Waals surface area contributed by atoms with Crippen LogP contribution < -0.4 is 20.9 Å². The first-order valence-corrected chi connectivity index (χ1v) is 7.57. The SMILES string of the molecule is Nc1cc(Oc2c(F)c(F)c(Oc3ccc(O)c(N)c3)c(F)c2F)ccc1O. The van der Waals surface area contributed by atoms with E-state index in [0.717, 1.165) is 36.4 Å². The van der Waals surface area contributed by atoms with Gasteiger partial charge in [-0.25, -0.2) is 0 Å². The van der Waals surface area contributed by atoms with E-state index in [1.54, 1.807) is 0 Å². The average Bonchev–Trinajstić information content (AvgIpc) is 2.66. The smallest absolute Gasteiger partial charge is 0.208 e. The van der Waals surface area contributed by atoms with Gasteiger partial charge < -0.3 is 31.2 Å². The Hall–Kier alpha value is -3.82. The first-order valence-electron chi connectivity index (χ1n) is 7.57. The van der Waals surface area contributed by atoms with Crippen LogP contribution in [0.5, 0.6) is 34.5 Å². The maximum Gasteiger partial charge on any atom is 0.208 e. The molecule has 0 aliphatic carbocycles. The van der Waals surface area contributed by atoms with Gasteiger partial charge in [0.15, 0.2) is 0 Å². The third-order valence-corrected chi connectivity index (χ3v) is 3.62. The quantitative estimate of drug-likeness (QED) is 0.225. The van der Waals surface area contributed by atoms with Crippen LogP contribution in [0.4, 0.5) is 28.9 Å². The molecule has 0 aliphatic rings. The number of nitrogens with two attached hydrogens (primary N) is 2. The maximum atomic E-state index is 14.3. The van der Waals surface area contributed by atoms with Gasteiger partial charge in [0.25, 0.3) is 0 Å². The van der Waals surface area contributed by atoms with Crippen molar-refractivity contribution in [2.24, 2.45) is 0 Å². The van der Waals surface area contributed by atoms with Crippen LogP contribution in [0.1, 0.15) is 0 Å². The Labute approximate surface area is 155 Å². The van der Waals surface area contributed by atoms with Gasteiger partial charge in [0.1, 0.15) is 23.0 Å². The van der Waals surface area contributed by atoms with E-state index in [0.29, 0.717) is 0 Å². The number of aromatic hydroxyl groups is 2. The third-order valence-electron chi connectivity index (χ3n) is 3.62. The first kappa shape index (κ1) is 19.0. The predicted octanol–water partition coefficient (Wildman–Crippen LogP) is 4.40. The minimum absolute atomic E-state index is 0.177. The second kappa shape index (κ2) is 7.06. The second-order valence-corrected chi connectivity index (χ2v) is 5.56. The van der Waals surface area contributed by atoms with E-state index < -0.39 is 34.8 Å². The van der Waals surface area contributed by atoms with Crippen LogP contribution in [0.25, 0.3) is 0 Å². The van der Waals surface area contributed by atoms with Gasteiger partial charge in [-0.3, -0.25) is 0 Å². The van der Waals surface area contributed by atoms with E-state index in [-0.39, 0.29) is 34.4 Å². The van der Waals surface area contributed by atoms with Crippen molar-refractivity contribution in [2.45, 2.75) is 0 Å². The lowest BCUT2D eigenvalue weighted by atomic mass is 10.2. The molecule has 3 rings (SSSR count). The summed E-state index contributed by atoms with van der Waals surface area (Å²) in [5.41, 5.74) is 10.5. The van der Waals surface area contributed by atoms with Gasteiger partial charge in [0, 0.05) is 12.1 Å². The number of nitrogen functional groups attached to an aromatic ring is 2. The summed E-state index contributed by atoms with van der Waals surface area (Å²) in [5.74, 6) is -11.3. The molecule has 0 spiro atoms. The van der Waals surface area contributed by atoms with Gasteiger partial charge in [-0.05, 0) is 24.3 Å². The number of benzene rings is 3. The molecule has 0 saturated heterocycles. The van der Waals surface area contributed by atoms with E-state index >= 15 is 0 Å². The highest BCUT2D eigenvalue weighted by molar-refractivity contribution is 5.57. The molecule has 0 unspecified atom stereocenters. The fourth-order valence-corrected chi connectivity index (χ4v) is 2.20. The number of phenolic OH excluding ortho intramolecular Hbond substituents is 2. The molecular weight excluding hydrogens is 384 g/mol. The summed E-state index contributed by atoms with van der Waals surface area (Å²) in [5, 5.41) is 18.7. The Balaban J connectivity index is 2.01. The zero-order valence-electron chi connectivity index (χ0n) is 13.8. The second-order valence-electron chi connectivity index (χ2n) is 5.56. The number of hydrogen-bond donors (Lipinski definition) is 4. The molecule has 0 amide bonds. The summed E-state index contributed by atoms with van der Waals surface area (Å²) >= 11 is 0. The molecule has 0 heterocycles. The molecule has 0 aromatic heterocycles. The summed E-state index contributed by atoms with van der Waals surface area (Å²) in [6.45, 7) is 0. The molecule has 0 fully saturated rings. The lowest BCUT2D eigenvalue weighted by Gasteiger charge is -2.14. The van der Waals surface area contributed by atoms with Gasteiger partial charge in [-0.1, -0.05) is 0 Å². The summed E-state index contributed by atoms with van der Waals surface area (Å²) in [6, 6.07) is 6.33. The number of phenols is 2. The Kier molecular flexibility index (Phi) is 4.78. The molecule has 10 heteroatoms. The normalized spacial score (nSPS) is 10.7. The van der Waals surface area contributed by atoms with Crippen LogP contribution in [-0.4, -0.2) is 10.2 Å². The molecule has 6 nitrogen and oxygen atoms in total. The zero-order chi connectivity index (χ0) is 20.6. The van der Waals surface area contributed by atoms with Crippen molar-refractivity contribution in [3.05, 3.63) is 59.7 Å². The van der Waals surface area contributed by atoms with E-state index in [1.165, 1.54) is 0 Å². The van der Waals surface area contributed by atoms with Crippen molar-refractivity contribution in [2.75, 3.05) is 11.5 Å². The fourth-order valence-electron chi connectivity index (χ4n) is 2.20. The van der Waals surface area contributed by atoms with Crippen LogP contribution in [0.3, 0.4) is 0 Å². The molecule has 28 heavy (non-hydrogen) atoms. The lowest BCUT2D eigenvalue weighted by molar-refractivity contribution is 0.330. The number of ether oxygens (including phenoxy) is 2. The van der Waals surface area contributed by atoms with Gasteiger partial charge in [-0.2, -0.15) is 17.6 Å². The summed E-state index contributed by atoms with van der Waals surface area (Å²) < 4.78 is 66.8. The van der Waals surface area contributed by atoms with Crippen molar-refractivity contribution in [1.82, 2.24) is 0 Å². The maximum absolute atomic E-state index is 14.3. The fraction of sp³-hybridized carbons (Fsp3) is 0. The van der Waals surface area contributed by atoms with Crippen LogP contribution in [0.2, 0.25) is 0 Å². The van der Waals surface area contributed by atoms with Crippen molar-refractivity contribution in [3.63, 3.8) is 0 Å². The minimum Gasteiger partial charge on any atom is -0.506 e. The monoisotopic (exact) mass is 396 g/mol. The number of halogens is 4. The molecule has 0 atom stereocenters. The van der Waals surface area contributed by atoms with Crippen LogP contribution in [0.15, 0.2) is 36.4 Å².